The lowest BCUT2D eigenvalue weighted by atomic mass is 10.0. The molecule has 0 bridgehead atoms. The van der Waals surface area contributed by atoms with E-state index in [9.17, 15) is 9.59 Å². The van der Waals surface area contributed by atoms with Crippen molar-refractivity contribution < 1.29 is 14.7 Å². The molecule has 1 fully saturated rings. The number of nitrogens with zero attached hydrogens (tertiary/aromatic N) is 1. The van der Waals surface area contributed by atoms with E-state index in [2.05, 4.69) is 0 Å². The summed E-state index contributed by atoms with van der Waals surface area (Å²) in [6.07, 6.45) is 4.38. The van der Waals surface area contributed by atoms with Gasteiger partial charge >= 0.3 is 5.97 Å². The molecule has 0 radical (unpaired) electrons. The summed E-state index contributed by atoms with van der Waals surface area (Å²) in [5.74, 6) is 0.606. The van der Waals surface area contributed by atoms with Crippen molar-refractivity contribution in [3.05, 3.63) is 12.2 Å². The number of thioether (sulfide) groups is 1. The summed E-state index contributed by atoms with van der Waals surface area (Å²) >= 11 is 1.71. The van der Waals surface area contributed by atoms with Crippen molar-refractivity contribution in [1.82, 2.24) is 4.90 Å². The van der Waals surface area contributed by atoms with Crippen molar-refractivity contribution in [1.29, 1.82) is 0 Å². The van der Waals surface area contributed by atoms with Gasteiger partial charge in [0, 0.05) is 24.1 Å². The van der Waals surface area contributed by atoms with Crippen LogP contribution >= 0.6 is 11.8 Å². The number of amides is 1. The predicted octanol–water partition coefficient (Wildman–Crippen LogP) is 0.309. The highest BCUT2D eigenvalue weighted by atomic mass is 32.2. The molecule has 3 unspecified atom stereocenters. The molecule has 0 aromatic carbocycles. The molecule has 0 saturated carbocycles. The Labute approximate surface area is 110 Å². The molecule has 1 amide bonds. The minimum atomic E-state index is -0.848. The first kappa shape index (κ1) is 13.4. The van der Waals surface area contributed by atoms with Crippen LogP contribution in [0.4, 0.5) is 0 Å². The first-order chi connectivity index (χ1) is 8.58. The summed E-state index contributed by atoms with van der Waals surface area (Å²) in [5.41, 5.74) is 5.75. The molecule has 3 N–H and O–H groups in total. The minimum absolute atomic E-state index is 0.0290. The molecule has 5 nitrogen and oxygen atoms in total. The first-order valence-corrected chi connectivity index (χ1v) is 7.27. The first-order valence-electron chi connectivity index (χ1n) is 6.12. The van der Waals surface area contributed by atoms with Crippen LogP contribution < -0.4 is 5.73 Å². The van der Waals surface area contributed by atoms with Gasteiger partial charge < -0.3 is 15.7 Å². The average Bonchev–Trinajstić information content (AvgIpc) is 2.75. The van der Waals surface area contributed by atoms with E-state index in [4.69, 9.17) is 10.8 Å². The zero-order valence-electron chi connectivity index (χ0n) is 10.1. The molecule has 6 heteroatoms. The Kier molecular flexibility index (Phi) is 4.29. The fourth-order valence-electron chi connectivity index (χ4n) is 2.44. The number of aliphatic carboxylic acids is 1. The average molecular weight is 270 g/mol. The highest BCUT2D eigenvalue weighted by molar-refractivity contribution is 7.99. The minimum Gasteiger partial charge on any atom is -0.481 e. The second-order valence-electron chi connectivity index (χ2n) is 4.75. The Morgan fingerprint density at radius 2 is 2.22 bits per heavy atom. The van der Waals surface area contributed by atoms with Crippen LogP contribution in [0.5, 0.6) is 0 Å². The van der Waals surface area contributed by atoms with Gasteiger partial charge in [0.25, 0.3) is 0 Å². The van der Waals surface area contributed by atoms with Gasteiger partial charge in [-0.15, -0.1) is 0 Å². The second kappa shape index (κ2) is 5.75. The summed E-state index contributed by atoms with van der Waals surface area (Å²) < 4.78 is 0. The van der Waals surface area contributed by atoms with E-state index < -0.39 is 5.97 Å². The Hall–Kier alpha value is -1.01. The highest BCUT2D eigenvalue weighted by Gasteiger charge is 2.33. The second-order valence-corrected chi connectivity index (χ2v) is 5.90. The van der Waals surface area contributed by atoms with Gasteiger partial charge in [-0.05, 0) is 6.42 Å². The van der Waals surface area contributed by atoms with Crippen LogP contribution in [0, 0.1) is 5.92 Å². The van der Waals surface area contributed by atoms with Crippen molar-refractivity contribution in [3.8, 4) is 0 Å². The lowest BCUT2D eigenvalue weighted by Crippen LogP contribution is -2.49. The Morgan fingerprint density at radius 1 is 1.44 bits per heavy atom. The van der Waals surface area contributed by atoms with E-state index in [1.165, 1.54) is 0 Å². The molecule has 0 aromatic heterocycles. The number of carboxylic acid groups (broad SMARTS) is 1. The lowest BCUT2D eigenvalue weighted by Gasteiger charge is -2.36. The quantitative estimate of drug-likeness (QED) is 0.721. The predicted molar refractivity (Wildman–Crippen MR) is 70.3 cm³/mol. The van der Waals surface area contributed by atoms with Crippen LogP contribution in [0.3, 0.4) is 0 Å². The Bertz CT molecular complexity index is 372. The molecule has 1 aliphatic heterocycles. The largest absolute Gasteiger partial charge is 0.481 e. The number of carbonyl (C=O) groups excluding carboxylic acids is 1. The van der Waals surface area contributed by atoms with Crippen LogP contribution in [-0.2, 0) is 9.59 Å². The Balaban J connectivity index is 2.02. The maximum Gasteiger partial charge on any atom is 0.305 e. The molecular formula is C12H18N2O3S. The summed E-state index contributed by atoms with van der Waals surface area (Å²) in [6.45, 7) is 0.640. The molecule has 1 heterocycles. The summed E-state index contributed by atoms with van der Waals surface area (Å²) in [6, 6.07) is -0.227. The standard InChI is InChI=1S/C12H18N2O3S/c13-9-2-1-8(5-9)12(17)14-3-4-18-7-10(14)6-11(15)16/h1-2,8-10H,3-7,13H2,(H,15,16). The monoisotopic (exact) mass is 270 g/mol. The van der Waals surface area contributed by atoms with Crippen molar-refractivity contribution in [3.63, 3.8) is 0 Å². The van der Waals surface area contributed by atoms with Gasteiger partial charge in [-0.1, -0.05) is 12.2 Å². The van der Waals surface area contributed by atoms with E-state index in [0.29, 0.717) is 18.7 Å². The third-order valence-electron chi connectivity index (χ3n) is 3.35. The molecule has 0 spiro atoms. The van der Waals surface area contributed by atoms with E-state index in [0.717, 1.165) is 5.75 Å². The van der Waals surface area contributed by atoms with Gasteiger partial charge in [0.1, 0.15) is 0 Å². The number of hydrogen-bond donors (Lipinski definition) is 2. The van der Waals surface area contributed by atoms with E-state index in [1.54, 1.807) is 16.7 Å². The number of carboxylic acids is 1. The normalized spacial score (nSPS) is 31.6. The van der Waals surface area contributed by atoms with E-state index >= 15 is 0 Å². The van der Waals surface area contributed by atoms with Crippen molar-refractivity contribution >= 4 is 23.6 Å². The SMILES string of the molecule is NC1C=CC(C(=O)N2CCSCC2CC(=O)O)C1. The van der Waals surface area contributed by atoms with Gasteiger partial charge in [-0.25, -0.2) is 0 Å². The maximum absolute atomic E-state index is 12.4. The fourth-order valence-corrected chi connectivity index (χ4v) is 3.50. The third-order valence-corrected chi connectivity index (χ3v) is 4.45. The van der Waals surface area contributed by atoms with Gasteiger partial charge in [0.05, 0.1) is 18.4 Å². The van der Waals surface area contributed by atoms with Crippen molar-refractivity contribution in [2.24, 2.45) is 11.7 Å². The fraction of sp³-hybridized carbons (Fsp3) is 0.667. The summed E-state index contributed by atoms with van der Waals surface area (Å²) in [4.78, 5) is 24.9. The summed E-state index contributed by atoms with van der Waals surface area (Å²) in [5, 5.41) is 8.89. The van der Waals surface area contributed by atoms with E-state index in [-0.39, 0.29) is 30.3 Å². The van der Waals surface area contributed by atoms with Crippen molar-refractivity contribution in [2.75, 3.05) is 18.1 Å². The molecule has 2 aliphatic rings. The maximum atomic E-state index is 12.4. The molecule has 1 aliphatic carbocycles. The van der Waals surface area contributed by atoms with Crippen LogP contribution in [0.1, 0.15) is 12.8 Å². The van der Waals surface area contributed by atoms with Gasteiger partial charge in [-0.2, -0.15) is 11.8 Å². The summed E-state index contributed by atoms with van der Waals surface area (Å²) in [7, 11) is 0. The molecule has 1 saturated heterocycles. The van der Waals surface area contributed by atoms with Gasteiger partial charge in [0.15, 0.2) is 0 Å². The number of nitrogens with two attached hydrogens (primary N) is 1. The number of hydrogen-bond acceptors (Lipinski definition) is 4. The van der Waals surface area contributed by atoms with Crippen molar-refractivity contribution in [2.45, 2.75) is 24.9 Å². The zero-order valence-corrected chi connectivity index (χ0v) is 10.9. The van der Waals surface area contributed by atoms with E-state index in [1.807, 2.05) is 12.2 Å². The molecule has 3 atom stereocenters. The van der Waals surface area contributed by atoms with Gasteiger partial charge in [0.2, 0.25) is 5.91 Å². The topological polar surface area (TPSA) is 83.6 Å². The zero-order chi connectivity index (χ0) is 13.1. The number of carbonyl (C=O) groups is 2. The molecule has 0 aromatic rings. The Morgan fingerprint density at radius 3 is 2.83 bits per heavy atom. The lowest BCUT2D eigenvalue weighted by molar-refractivity contribution is -0.141. The number of rotatable bonds is 3. The molecular weight excluding hydrogens is 252 g/mol. The molecule has 18 heavy (non-hydrogen) atoms. The highest BCUT2D eigenvalue weighted by Crippen LogP contribution is 2.25. The molecule has 100 valence electrons. The van der Waals surface area contributed by atoms with Crippen LogP contribution in [0.2, 0.25) is 0 Å². The van der Waals surface area contributed by atoms with Crippen LogP contribution in [0.15, 0.2) is 12.2 Å². The van der Waals surface area contributed by atoms with Gasteiger partial charge in [-0.3, -0.25) is 9.59 Å². The van der Waals surface area contributed by atoms with Crippen LogP contribution in [-0.4, -0.2) is 52.0 Å². The third kappa shape index (κ3) is 3.05. The smallest absolute Gasteiger partial charge is 0.305 e. The van der Waals surface area contributed by atoms with Crippen LogP contribution in [0.25, 0.3) is 0 Å². The molecule has 2 rings (SSSR count).